The number of rotatable bonds is 4. The summed E-state index contributed by atoms with van der Waals surface area (Å²) in [5.74, 6) is -0.0316. The van der Waals surface area contributed by atoms with Gasteiger partial charge in [0.05, 0.1) is 11.1 Å². The van der Waals surface area contributed by atoms with Crippen molar-refractivity contribution in [2.75, 3.05) is 13.1 Å². The zero-order valence-corrected chi connectivity index (χ0v) is 14.1. The van der Waals surface area contributed by atoms with Gasteiger partial charge in [-0.3, -0.25) is 14.7 Å². The molecule has 1 atom stereocenters. The summed E-state index contributed by atoms with van der Waals surface area (Å²) in [6, 6.07) is 20.3. The average Bonchev–Trinajstić information content (AvgIpc) is 3.09. The van der Waals surface area contributed by atoms with Gasteiger partial charge >= 0.3 is 0 Å². The summed E-state index contributed by atoms with van der Waals surface area (Å²) < 4.78 is 0. The summed E-state index contributed by atoms with van der Waals surface area (Å²) in [5, 5.41) is 4.18. The maximum absolute atomic E-state index is 12.7. The number of benzene rings is 2. The van der Waals surface area contributed by atoms with Crippen LogP contribution in [0, 0.1) is 0 Å². The number of pyridine rings is 1. The highest BCUT2D eigenvalue weighted by molar-refractivity contribution is 6.05. The molecule has 1 N–H and O–H groups in total. The fraction of sp³-hybridized carbons (Fsp3) is 0.238. The van der Waals surface area contributed by atoms with E-state index in [2.05, 4.69) is 39.5 Å². The quantitative estimate of drug-likeness (QED) is 0.798. The van der Waals surface area contributed by atoms with Gasteiger partial charge in [-0.05, 0) is 24.1 Å². The van der Waals surface area contributed by atoms with Gasteiger partial charge in [0.15, 0.2) is 0 Å². The molecule has 0 aliphatic carbocycles. The number of para-hydroxylation sites is 1. The molecule has 1 unspecified atom stereocenters. The van der Waals surface area contributed by atoms with Crippen molar-refractivity contribution in [2.24, 2.45) is 0 Å². The number of nitrogens with zero attached hydrogens (tertiary/aromatic N) is 2. The normalized spacial score (nSPS) is 17.7. The van der Waals surface area contributed by atoms with Gasteiger partial charge in [0.2, 0.25) is 0 Å². The van der Waals surface area contributed by atoms with Crippen LogP contribution in [-0.4, -0.2) is 34.9 Å². The van der Waals surface area contributed by atoms with Crippen molar-refractivity contribution in [3.63, 3.8) is 0 Å². The monoisotopic (exact) mass is 331 g/mol. The van der Waals surface area contributed by atoms with Gasteiger partial charge in [-0.2, -0.15) is 0 Å². The van der Waals surface area contributed by atoms with Crippen LogP contribution >= 0.6 is 0 Å². The molecule has 1 amide bonds. The molecule has 126 valence electrons. The molecule has 0 saturated carbocycles. The summed E-state index contributed by atoms with van der Waals surface area (Å²) in [7, 11) is 0. The number of fused-ring (bicyclic) bond motifs is 1. The van der Waals surface area contributed by atoms with Crippen LogP contribution in [-0.2, 0) is 6.54 Å². The molecule has 0 bridgehead atoms. The van der Waals surface area contributed by atoms with Crippen LogP contribution in [0.4, 0.5) is 0 Å². The van der Waals surface area contributed by atoms with E-state index in [0.29, 0.717) is 5.56 Å². The van der Waals surface area contributed by atoms with Gasteiger partial charge in [0.1, 0.15) is 0 Å². The van der Waals surface area contributed by atoms with E-state index in [0.717, 1.165) is 37.0 Å². The van der Waals surface area contributed by atoms with E-state index in [1.54, 1.807) is 6.20 Å². The Bertz CT molecular complexity index is 873. The SMILES string of the molecule is O=C(NC1CCN(Cc2ccccc2)C1)c1cccc2cccnc12. The maximum atomic E-state index is 12.7. The Hall–Kier alpha value is -2.72. The summed E-state index contributed by atoms with van der Waals surface area (Å²) in [6.45, 7) is 2.83. The first kappa shape index (κ1) is 15.8. The molecule has 4 rings (SSSR count). The highest BCUT2D eigenvalue weighted by Crippen LogP contribution is 2.18. The molecule has 2 heterocycles. The van der Waals surface area contributed by atoms with E-state index in [9.17, 15) is 4.79 Å². The summed E-state index contributed by atoms with van der Waals surface area (Å²) >= 11 is 0. The molecule has 1 saturated heterocycles. The summed E-state index contributed by atoms with van der Waals surface area (Å²) in [4.78, 5) is 19.5. The van der Waals surface area contributed by atoms with Gasteiger partial charge in [-0.1, -0.05) is 48.5 Å². The number of carbonyl (C=O) groups is 1. The molecule has 0 spiro atoms. The zero-order valence-electron chi connectivity index (χ0n) is 14.1. The first-order valence-corrected chi connectivity index (χ1v) is 8.70. The van der Waals surface area contributed by atoms with Crippen LogP contribution in [0.1, 0.15) is 22.3 Å². The molecule has 4 nitrogen and oxygen atoms in total. The van der Waals surface area contributed by atoms with Crippen LogP contribution in [0.5, 0.6) is 0 Å². The highest BCUT2D eigenvalue weighted by Gasteiger charge is 2.24. The zero-order chi connectivity index (χ0) is 17.1. The van der Waals surface area contributed by atoms with Gasteiger partial charge < -0.3 is 5.32 Å². The highest BCUT2D eigenvalue weighted by atomic mass is 16.1. The Morgan fingerprint density at radius 3 is 2.80 bits per heavy atom. The van der Waals surface area contributed by atoms with E-state index < -0.39 is 0 Å². The lowest BCUT2D eigenvalue weighted by atomic mass is 10.1. The second-order valence-electron chi connectivity index (χ2n) is 6.56. The topological polar surface area (TPSA) is 45.2 Å². The Kier molecular flexibility index (Phi) is 4.44. The van der Waals surface area contributed by atoms with Crippen molar-refractivity contribution >= 4 is 16.8 Å². The van der Waals surface area contributed by atoms with Crippen LogP contribution in [0.2, 0.25) is 0 Å². The molecule has 4 heteroatoms. The summed E-state index contributed by atoms with van der Waals surface area (Å²) in [6.07, 6.45) is 2.72. The van der Waals surface area contributed by atoms with Crippen molar-refractivity contribution in [3.8, 4) is 0 Å². The fourth-order valence-electron chi connectivity index (χ4n) is 3.49. The first-order valence-electron chi connectivity index (χ1n) is 8.70. The van der Waals surface area contributed by atoms with E-state index in [4.69, 9.17) is 0 Å². The molecule has 1 aliphatic heterocycles. The van der Waals surface area contributed by atoms with Gasteiger partial charge in [-0.15, -0.1) is 0 Å². The lowest BCUT2D eigenvalue weighted by Crippen LogP contribution is -2.37. The second kappa shape index (κ2) is 7.03. The Morgan fingerprint density at radius 1 is 1.08 bits per heavy atom. The number of amides is 1. The minimum atomic E-state index is -0.0316. The molecule has 1 aliphatic rings. The number of aromatic nitrogens is 1. The third-order valence-electron chi connectivity index (χ3n) is 4.73. The minimum absolute atomic E-state index is 0.0316. The van der Waals surface area contributed by atoms with E-state index in [-0.39, 0.29) is 11.9 Å². The minimum Gasteiger partial charge on any atom is -0.348 e. The van der Waals surface area contributed by atoms with Crippen LogP contribution in [0.25, 0.3) is 10.9 Å². The summed E-state index contributed by atoms with van der Waals surface area (Å²) in [5.41, 5.74) is 2.73. The number of carbonyl (C=O) groups excluding carboxylic acids is 1. The number of hydrogen-bond donors (Lipinski definition) is 1. The van der Waals surface area contributed by atoms with Crippen molar-refractivity contribution < 1.29 is 4.79 Å². The van der Waals surface area contributed by atoms with Crippen LogP contribution < -0.4 is 5.32 Å². The molecule has 25 heavy (non-hydrogen) atoms. The van der Waals surface area contributed by atoms with Crippen molar-refractivity contribution in [1.82, 2.24) is 15.2 Å². The number of hydrogen-bond acceptors (Lipinski definition) is 3. The second-order valence-corrected chi connectivity index (χ2v) is 6.56. The number of nitrogens with one attached hydrogen (secondary N) is 1. The molecule has 1 fully saturated rings. The van der Waals surface area contributed by atoms with Gasteiger partial charge in [0, 0.05) is 37.3 Å². The Labute approximate surface area is 147 Å². The van der Waals surface area contributed by atoms with E-state index >= 15 is 0 Å². The van der Waals surface area contributed by atoms with E-state index in [1.165, 1.54) is 5.56 Å². The lowest BCUT2D eigenvalue weighted by Gasteiger charge is -2.17. The van der Waals surface area contributed by atoms with Crippen LogP contribution in [0.15, 0.2) is 66.9 Å². The smallest absolute Gasteiger partial charge is 0.253 e. The molecule has 1 aromatic heterocycles. The van der Waals surface area contributed by atoms with E-state index in [1.807, 2.05) is 36.4 Å². The third kappa shape index (κ3) is 3.54. The fourth-order valence-corrected chi connectivity index (χ4v) is 3.49. The number of likely N-dealkylation sites (tertiary alicyclic amines) is 1. The van der Waals surface area contributed by atoms with Gasteiger partial charge in [0.25, 0.3) is 5.91 Å². The van der Waals surface area contributed by atoms with Crippen molar-refractivity contribution in [1.29, 1.82) is 0 Å². The maximum Gasteiger partial charge on any atom is 0.253 e. The lowest BCUT2D eigenvalue weighted by molar-refractivity contribution is 0.0939. The van der Waals surface area contributed by atoms with Crippen molar-refractivity contribution in [3.05, 3.63) is 78.0 Å². The molecule has 0 radical (unpaired) electrons. The molecule has 3 aromatic rings. The standard InChI is InChI=1S/C21H21N3O/c25-21(19-10-4-8-17-9-5-12-22-20(17)19)23-18-11-13-24(15-18)14-16-6-2-1-3-7-16/h1-10,12,18H,11,13-15H2,(H,23,25). The van der Waals surface area contributed by atoms with Gasteiger partial charge in [-0.25, -0.2) is 0 Å². The Balaban J connectivity index is 1.41. The van der Waals surface area contributed by atoms with Crippen molar-refractivity contribution in [2.45, 2.75) is 19.0 Å². The Morgan fingerprint density at radius 2 is 1.92 bits per heavy atom. The largest absolute Gasteiger partial charge is 0.348 e. The predicted molar refractivity (Wildman–Crippen MR) is 99.3 cm³/mol. The first-order chi connectivity index (χ1) is 12.3. The molecular weight excluding hydrogens is 310 g/mol. The molecular formula is C21H21N3O. The third-order valence-corrected chi connectivity index (χ3v) is 4.73. The average molecular weight is 331 g/mol. The predicted octanol–water partition coefficient (Wildman–Crippen LogP) is 3.24. The molecule has 2 aromatic carbocycles. The van der Waals surface area contributed by atoms with Crippen LogP contribution in [0.3, 0.4) is 0 Å².